The fourth-order valence-corrected chi connectivity index (χ4v) is 1.11. The zero-order chi connectivity index (χ0) is 18.9. The highest BCUT2D eigenvalue weighted by Crippen LogP contribution is 2.37. The summed E-state index contributed by atoms with van der Waals surface area (Å²) in [5.74, 6) is -9.22. The normalized spacial score (nSPS) is 15.6. The maximum Gasteiger partial charge on any atom is 0.466 e. The van der Waals surface area contributed by atoms with E-state index >= 15 is 0 Å². The number of primary amides is 1. The summed E-state index contributed by atoms with van der Waals surface area (Å²) in [5, 5.41) is -5.35. The van der Waals surface area contributed by atoms with Crippen LogP contribution in [0.4, 0.5) is 22.0 Å². The molecular weight excluding hydrogens is 361 g/mol. The van der Waals surface area contributed by atoms with Crippen molar-refractivity contribution < 1.29 is 54.0 Å². The predicted molar refractivity (Wildman–Crippen MR) is 59.5 cm³/mol. The van der Waals surface area contributed by atoms with Crippen molar-refractivity contribution in [3.63, 3.8) is 0 Å². The van der Waals surface area contributed by atoms with Crippen LogP contribution >= 0.6 is 0 Å². The molecule has 0 saturated heterocycles. The average Bonchev–Trinajstić information content (AvgIpc) is 2.30. The number of rotatable bonds is 7. The molecule has 1 atom stereocenters. The van der Waals surface area contributed by atoms with Gasteiger partial charge in [0, 0.05) is 5.57 Å². The fraction of sp³-hybridized carbons (Fsp3) is 0.556. The second-order valence-corrected chi connectivity index (χ2v) is 5.53. The van der Waals surface area contributed by atoms with E-state index in [0.717, 1.165) is 6.92 Å². The molecule has 0 heterocycles. The second kappa shape index (κ2) is 6.37. The van der Waals surface area contributed by atoms with Gasteiger partial charge in [-0.15, -0.1) is 0 Å². The van der Waals surface area contributed by atoms with E-state index in [0.29, 0.717) is 0 Å². The van der Waals surface area contributed by atoms with Gasteiger partial charge in [0.1, 0.15) is 6.61 Å². The third kappa shape index (κ3) is 4.59. The number of esters is 1. The summed E-state index contributed by atoms with van der Waals surface area (Å²) in [6, 6.07) is 0. The SMILES string of the molecule is C=C(C)C(=O)OC(OCC(F)(F)S(=O)(=O)[O-])(C(N)=O)C(F)(F)F. The van der Waals surface area contributed by atoms with Gasteiger partial charge in [0.05, 0.1) is 0 Å². The first kappa shape index (κ1) is 21.2. The number of alkyl halides is 5. The molecule has 0 fully saturated rings. The zero-order valence-corrected chi connectivity index (χ0v) is 12.0. The number of carbonyl (C=O) groups excluding carboxylic acids is 2. The molecule has 134 valence electrons. The van der Waals surface area contributed by atoms with E-state index in [9.17, 15) is 44.5 Å². The number of ether oxygens (including phenoxy) is 2. The van der Waals surface area contributed by atoms with Crippen LogP contribution in [0.1, 0.15) is 6.92 Å². The zero-order valence-electron chi connectivity index (χ0n) is 11.1. The van der Waals surface area contributed by atoms with Gasteiger partial charge in [0.15, 0.2) is 10.1 Å². The van der Waals surface area contributed by atoms with E-state index in [2.05, 4.69) is 21.8 Å². The van der Waals surface area contributed by atoms with Gasteiger partial charge >= 0.3 is 29.1 Å². The number of hydrogen-bond donors (Lipinski definition) is 1. The van der Waals surface area contributed by atoms with Gasteiger partial charge in [-0.1, -0.05) is 6.58 Å². The van der Waals surface area contributed by atoms with Crippen molar-refractivity contribution in [2.24, 2.45) is 5.73 Å². The van der Waals surface area contributed by atoms with Crippen molar-refractivity contribution in [2.45, 2.75) is 24.1 Å². The highest BCUT2D eigenvalue weighted by atomic mass is 32.2. The van der Waals surface area contributed by atoms with Gasteiger partial charge in [0.2, 0.25) is 0 Å². The Morgan fingerprint density at radius 3 is 1.91 bits per heavy atom. The van der Waals surface area contributed by atoms with Gasteiger partial charge in [-0.2, -0.15) is 22.0 Å². The molecule has 0 rings (SSSR count). The number of hydrogen-bond acceptors (Lipinski definition) is 7. The minimum Gasteiger partial charge on any atom is -0.743 e. The smallest absolute Gasteiger partial charge is 0.466 e. The van der Waals surface area contributed by atoms with Crippen molar-refractivity contribution in [3.8, 4) is 0 Å². The van der Waals surface area contributed by atoms with Crippen LogP contribution in [0.3, 0.4) is 0 Å². The predicted octanol–water partition coefficient (Wildman–Crippen LogP) is 0.00420. The summed E-state index contributed by atoms with van der Waals surface area (Å²) in [4.78, 5) is 22.1. The molecule has 0 radical (unpaired) electrons. The third-order valence-electron chi connectivity index (χ3n) is 2.09. The van der Waals surface area contributed by atoms with E-state index in [1.54, 1.807) is 0 Å². The summed E-state index contributed by atoms with van der Waals surface area (Å²) in [5.41, 5.74) is 3.69. The van der Waals surface area contributed by atoms with Gasteiger partial charge < -0.3 is 19.8 Å². The van der Waals surface area contributed by atoms with E-state index in [-0.39, 0.29) is 0 Å². The van der Waals surface area contributed by atoms with Crippen LogP contribution in [-0.2, 0) is 29.2 Å². The summed E-state index contributed by atoms with van der Waals surface area (Å²) in [6.07, 6.45) is -5.97. The van der Waals surface area contributed by atoms with Crippen LogP contribution in [-0.4, -0.2) is 48.7 Å². The standard InChI is InChI=1S/C9H10F5NO7S/c1-4(2)5(16)22-8(6(15)17,9(12,13)14)21-3-7(10,11)23(18,19)20/h1,3H2,2H3,(H2,15,17)(H,18,19,20)/p-1. The topological polar surface area (TPSA) is 136 Å². The molecule has 0 aromatic heterocycles. The molecule has 0 spiro atoms. The maximum absolute atomic E-state index is 12.9. The van der Waals surface area contributed by atoms with Crippen LogP contribution in [0.15, 0.2) is 12.2 Å². The first-order valence-corrected chi connectivity index (χ1v) is 6.61. The monoisotopic (exact) mass is 370 g/mol. The molecule has 2 N–H and O–H groups in total. The summed E-state index contributed by atoms with van der Waals surface area (Å²) in [6.45, 7) is 0.988. The van der Waals surface area contributed by atoms with Gasteiger partial charge in [-0.05, 0) is 6.92 Å². The summed E-state index contributed by atoms with van der Waals surface area (Å²) < 4.78 is 102. The second-order valence-electron chi connectivity index (χ2n) is 4.03. The van der Waals surface area contributed by atoms with Crippen molar-refractivity contribution in [1.82, 2.24) is 0 Å². The lowest BCUT2D eigenvalue weighted by molar-refractivity contribution is -0.351. The highest BCUT2D eigenvalue weighted by molar-refractivity contribution is 7.86. The van der Waals surface area contributed by atoms with Crippen LogP contribution in [0.5, 0.6) is 0 Å². The number of nitrogens with two attached hydrogens (primary N) is 1. The molecule has 0 aliphatic heterocycles. The molecule has 0 aromatic rings. The number of amides is 1. The molecule has 8 nitrogen and oxygen atoms in total. The van der Waals surface area contributed by atoms with Crippen LogP contribution < -0.4 is 5.73 Å². The minimum atomic E-state index is -6.43. The van der Waals surface area contributed by atoms with E-state index in [1.165, 1.54) is 0 Å². The van der Waals surface area contributed by atoms with E-state index in [1.807, 2.05) is 0 Å². The molecule has 0 aromatic carbocycles. The molecule has 1 unspecified atom stereocenters. The summed E-state index contributed by atoms with van der Waals surface area (Å²) >= 11 is 0. The lowest BCUT2D eigenvalue weighted by Gasteiger charge is -2.33. The van der Waals surface area contributed by atoms with Crippen molar-refractivity contribution in [1.29, 1.82) is 0 Å². The quantitative estimate of drug-likeness (QED) is 0.219. The molecule has 0 aliphatic rings. The van der Waals surface area contributed by atoms with Crippen LogP contribution in [0, 0.1) is 0 Å². The Balaban J connectivity index is 5.84. The Labute approximate surface area is 125 Å². The van der Waals surface area contributed by atoms with Crippen LogP contribution in [0.2, 0.25) is 0 Å². The Kier molecular flexibility index (Phi) is 5.87. The van der Waals surface area contributed by atoms with Crippen LogP contribution in [0.25, 0.3) is 0 Å². The molecule has 14 heteroatoms. The molecule has 0 aliphatic carbocycles. The van der Waals surface area contributed by atoms with E-state index in [4.69, 9.17) is 0 Å². The lowest BCUT2D eigenvalue weighted by Crippen LogP contribution is -2.61. The Morgan fingerprint density at radius 2 is 1.65 bits per heavy atom. The first-order valence-electron chi connectivity index (χ1n) is 5.20. The Hall–Kier alpha value is -1.80. The largest absolute Gasteiger partial charge is 0.743 e. The molecule has 1 amide bonds. The van der Waals surface area contributed by atoms with Crippen molar-refractivity contribution >= 4 is 22.0 Å². The minimum absolute atomic E-state index is 0.688. The Bertz CT molecular complexity index is 614. The van der Waals surface area contributed by atoms with Gasteiger partial charge in [-0.25, -0.2) is 13.2 Å². The maximum atomic E-state index is 12.9. The van der Waals surface area contributed by atoms with Gasteiger partial charge in [-0.3, -0.25) is 4.79 Å². The summed E-state index contributed by atoms with van der Waals surface area (Å²) in [7, 11) is -6.43. The highest BCUT2D eigenvalue weighted by Gasteiger charge is 2.66. The molecule has 0 bridgehead atoms. The molecular formula is C9H9F5NO7S-. The molecule has 0 saturated carbocycles. The van der Waals surface area contributed by atoms with Gasteiger partial charge in [0.25, 0.3) is 0 Å². The number of halogens is 5. The molecule has 23 heavy (non-hydrogen) atoms. The average molecular weight is 370 g/mol. The van der Waals surface area contributed by atoms with Crippen molar-refractivity contribution in [3.05, 3.63) is 12.2 Å². The van der Waals surface area contributed by atoms with E-state index < -0.39 is 51.4 Å². The Morgan fingerprint density at radius 1 is 1.22 bits per heavy atom. The van der Waals surface area contributed by atoms with Crippen molar-refractivity contribution in [2.75, 3.05) is 6.61 Å². The third-order valence-corrected chi connectivity index (χ3v) is 2.94. The lowest BCUT2D eigenvalue weighted by atomic mass is 10.2. The first-order chi connectivity index (χ1) is 9.98. The fourth-order valence-electron chi connectivity index (χ4n) is 0.906. The number of carbonyl (C=O) groups is 2.